The topological polar surface area (TPSA) is 30.0 Å². The van der Waals surface area contributed by atoms with Crippen molar-refractivity contribution in [2.24, 2.45) is 11.8 Å². The SMILES string of the molecule is Cc1nc2ccc(C(=O)C(C)CC(C)C)cc2s1. The van der Waals surface area contributed by atoms with Gasteiger partial charge in [-0.15, -0.1) is 11.3 Å². The second kappa shape index (κ2) is 5.19. The number of fused-ring (bicyclic) bond motifs is 1. The molecule has 1 unspecified atom stereocenters. The Labute approximate surface area is 112 Å². The van der Waals surface area contributed by atoms with Gasteiger partial charge in [-0.05, 0) is 37.5 Å². The van der Waals surface area contributed by atoms with Crippen LogP contribution in [0.4, 0.5) is 0 Å². The first-order valence-corrected chi connectivity index (χ1v) is 7.20. The maximum Gasteiger partial charge on any atom is 0.165 e. The van der Waals surface area contributed by atoms with Gasteiger partial charge in [-0.3, -0.25) is 4.79 Å². The van der Waals surface area contributed by atoms with E-state index in [9.17, 15) is 4.79 Å². The summed E-state index contributed by atoms with van der Waals surface area (Å²) in [5.41, 5.74) is 1.81. The van der Waals surface area contributed by atoms with E-state index in [0.29, 0.717) is 5.92 Å². The number of aromatic nitrogens is 1. The zero-order chi connectivity index (χ0) is 13.3. The molecule has 1 aromatic heterocycles. The van der Waals surface area contributed by atoms with E-state index in [2.05, 4.69) is 18.8 Å². The van der Waals surface area contributed by atoms with Crippen molar-refractivity contribution in [3.63, 3.8) is 0 Å². The van der Waals surface area contributed by atoms with E-state index in [1.165, 1.54) is 0 Å². The van der Waals surface area contributed by atoms with Crippen LogP contribution >= 0.6 is 11.3 Å². The number of thiazole rings is 1. The Hall–Kier alpha value is -1.22. The number of Topliss-reactive ketones (excluding diaryl/α,β-unsaturated/α-hetero) is 1. The van der Waals surface area contributed by atoms with E-state index in [1.807, 2.05) is 32.0 Å². The first-order chi connectivity index (χ1) is 8.47. The maximum absolute atomic E-state index is 12.3. The predicted octanol–water partition coefficient (Wildman–Crippen LogP) is 4.47. The molecule has 0 spiro atoms. The molecule has 0 radical (unpaired) electrons. The molecule has 0 saturated carbocycles. The monoisotopic (exact) mass is 261 g/mol. The minimum Gasteiger partial charge on any atom is -0.294 e. The quantitative estimate of drug-likeness (QED) is 0.760. The summed E-state index contributed by atoms with van der Waals surface area (Å²) in [6.45, 7) is 8.32. The first kappa shape index (κ1) is 13.2. The van der Waals surface area contributed by atoms with Crippen LogP contribution in [-0.2, 0) is 0 Å². The van der Waals surface area contributed by atoms with Gasteiger partial charge >= 0.3 is 0 Å². The number of aryl methyl sites for hydroxylation is 1. The zero-order valence-corrected chi connectivity index (χ0v) is 12.2. The smallest absolute Gasteiger partial charge is 0.165 e. The lowest BCUT2D eigenvalue weighted by Gasteiger charge is -2.12. The van der Waals surface area contributed by atoms with Crippen LogP contribution in [0.2, 0.25) is 0 Å². The Balaban J connectivity index is 2.27. The largest absolute Gasteiger partial charge is 0.294 e. The lowest BCUT2D eigenvalue weighted by atomic mass is 9.91. The molecule has 0 aliphatic rings. The Morgan fingerprint density at radius 3 is 2.72 bits per heavy atom. The third kappa shape index (κ3) is 2.78. The van der Waals surface area contributed by atoms with Gasteiger partial charge in [-0.2, -0.15) is 0 Å². The average molecular weight is 261 g/mol. The van der Waals surface area contributed by atoms with E-state index >= 15 is 0 Å². The average Bonchev–Trinajstić information content (AvgIpc) is 2.65. The maximum atomic E-state index is 12.3. The molecule has 0 aliphatic carbocycles. The number of benzene rings is 1. The summed E-state index contributed by atoms with van der Waals surface area (Å²) in [5.74, 6) is 0.895. The van der Waals surface area contributed by atoms with Gasteiger partial charge in [0.1, 0.15) is 0 Å². The fourth-order valence-electron chi connectivity index (χ4n) is 2.29. The van der Waals surface area contributed by atoms with Gasteiger partial charge in [0.2, 0.25) is 0 Å². The third-order valence-electron chi connectivity index (χ3n) is 3.05. The van der Waals surface area contributed by atoms with Gasteiger partial charge in [0.05, 0.1) is 15.2 Å². The molecule has 2 aromatic rings. The summed E-state index contributed by atoms with van der Waals surface area (Å²) < 4.78 is 1.11. The Kier molecular flexibility index (Phi) is 3.81. The van der Waals surface area contributed by atoms with Crippen LogP contribution < -0.4 is 0 Å². The molecule has 2 nitrogen and oxygen atoms in total. The van der Waals surface area contributed by atoms with Crippen molar-refractivity contribution in [2.75, 3.05) is 0 Å². The Morgan fingerprint density at radius 2 is 2.06 bits per heavy atom. The minimum atomic E-state index is 0.0940. The number of hydrogen-bond donors (Lipinski definition) is 0. The van der Waals surface area contributed by atoms with E-state index in [1.54, 1.807) is 11.3 Å². The molecule has 0 aliphatic heterocycles. The lowest BCUT2D eigenvalue weighted by Crippen LogP contribution is -2.13. The Bertz CT molecular complexity index is 571. The highest BCUT2D eigenvalue weighted by Crippen LogP contribution is 2.25. The van der Waals surface area contributed by atoms with Crippen LogP contribution in [0.25, 0.3) is 10.2 Å². The fraction of sp³-hybridized carbons (Fsp3) is 0.467. The van der Waals surface area contributed by atoms with Crippen LogP contribution in [0.1, 0.15) is 42.6 Å². The molecule has 96 valence electrons. The molecule has 3 heteroatoms. The van der Waals surface area contributed by atoms with Gasteiger partial charge in [0.15, 0.2) is 5.78 Å². The van der Waals surface area contributed by atoms with Crippen molar-refractivity contribution in [1.82, 2.24) is 4.98 Å². The second-order valence-electron chi connectivity index (χ2n) is 5.31. The molecule has 0 N–H and O–H groups in total. The molecule has 18 heavy (non-hydrogen) atoms. The van der Waals surface area contributed by atoms with E-state index in [-0.39, 0.29) is 11.7 Å². The fourth-order valence-corrected chi connectivity index (χ4v) is 3.16. The molecule has 2 rings (SSSR count). The summed E-state index contributed by atoms with van der Waals surface area (Å²) in [5, 5.41) is 1.05. The highest BCUT2D eigenvalue weighted by Gasteiger charge is 2.17. The van der Waals surface area contributed by atoms with Gasteiger partial charge in [-0.25, -0.2) is 4.98 Å². The van der Waals surface area contributed by atoms with Gasteiger partial charge < -0.3 is 0 Å². The number of carbonyl (C=O) groups is 1. The summed E-state index contributed by atoms with van der Waals surface area (Å²) in [7, 11) is 0. The number of rotatable bonds is 4. The van der Waals surface area contributed by atoms with Crippen LogP contribution in [-0.4, -0.2) is 10.8 Å². The Morgan fingerprint density at radius 1 is 1.33 bits per heavy atom. The lowest BCUT2D eigenvalue weighted by molar-refractivity contribution is 0.0915. The van der Waals surface area contributed by atoms with Crippen molar-refractivity contribution >= 4 is 27.3 Å². The molecule has 1 aromatic carbocycles. The van der Waals surface area contributed by atoms with Gasteiger partial charge in [-0.1, -0.05) is 20.8 Å². The number of nitrogens with zero attached hydrogens (tertiary/aromatic N) is 1. The third-order valence-corrected chi connectivity index (χ3v) is 3.99. The molecular weight excluding hydrogens is 242 g/mol. The molecule has 0 fully saturated rings. The standard InChI is InChI=1S/C15H19NOS/c1-9(2)7-10(3)15(17)12-5-6-13-14(8-12)18-11(4)16-13/h5-6,8-10H,7H2,1-4H3. The predicted molar refractivity (Wildman–Crippen MR) is 77.3 cm³/mol. The van der Waals surface area contributed by atoms with Gasteiger partial charge in [0.25, 0.3) is 0 Å². The van der Waals surface area contributed by atoms with Crippen molar-refractivity contribution in [2.45, 2.75) is 34.1 Å². The van der Waals surface area contributed by atoms with Gasteiger partial charge in [0, 0.05) is 11.5 Å². The van der Waals surface area contributed by atoms with Crippen molar-refractivity contribution in [1.29, 1.82) is 0 Å². The van der Waals surface area contributed by atoms with E-state index in [4.69, 9.17) is 0 Å². The van der Waals surface area contributed by atoms with E-state index < -0.39 is 0 Å². The normalized spacial score (nSPS) is 13.2. The second-order valence-corrected chi connectivity index (χ2v) is 6.55. The molecule has 0 saturated heterocycles. The number of carbonyl (C=O) groups excluding carboxylic acids is 1. The highest BCUT2D eigenvalue weighted by atomic mass is 32.1. The van der Waals surface area contributed by atoms with Crippen LogP contribution in [0.15, 0.2) is 18.2 Å². The number of ketones is 1. The van der Waals surface area contributed by atoms with Crippen molar-refractivity contribution in [3.8, 4) is 0 Å². The first-order valence-electron chi connectivity index (χ1n) is 6.38. The zero-order valence-electron chi connectivity index (χ0n) is 11.4. The van der Waals surface area contributed by atoms with Crippen LogP contribution in [0.5, 0.6) is 0 Å². The highest BCUT2D eigenvalue weighted by molar-refractivity contribution is 7.18. The van der Waals surface area contributed by atoms with Crippen LogP contribution in [0.3, 0.4) is 0 Å². The summed E-state index contributed by atoms with van der Waals surface area (Å²) in [4.78, 5) is 16.7. The molecule has 0 amide bonds. The summed E-state index contributed by atoms with van der Waals surface area (Å²) >= 11 is 1.65. The summed E-state index contributed by atoms with van der Waals surface area (Å²) in [6.07, 6.45) is 0.943. The molecular formula is C15H19NOS. The van der Waals surface area contributed by atoms with Crippen molar-refractivity contribution < 1.29 is 4.79 Å². The van der Waals surface area contributed by atoms with Crippen molar-refractivity contribution in [3.05, 3.63) is 28.8 Å². The van der Waals surface area contributed by atoms with E-state index in [0.717, 1.165) is 27.2 Å². The summed E-state index contributed by atoms with van der Waals surface area (Å²) in [6, 6.07) is 5.84. The van der Waals surface area contributed by atoms with Crippen LogP contribution in [0, 0.1) is 18.8 Å². The number of hydrogen-bond acceptors (Lipinski definition) is 3. The molecule has 1 atom stereocenters. The molecule has 1 heterocycles. The minimum absolute atomic E-state index is 0.0940. The molecule has 0 bridgehead atoms.